The normalized spacial score (nSPS) is 16.0. The predicted octanol–water partition coefficient (Wildman–Crippen LogP) is 3.67. The molecule has 1 aromatic carbocycles. The second-order valence-corrected chi connectivity index (χ2v) is 5.81. The average Bonchev–Trinajstić information content (AvgIpc) is 3.03. The Morgan fingerprint density at radius 3 is 2.57 bits per heavy atom. The monoisotopic (exact) mass is 282 g/mol. The molecule has 0 amide bonds. The van der Waals surface area contributed by atoms with Crippen LogP contribution in [0.4, 0.5) is 0 Å². The smallest absolute Gasteiger partial charge is 0.209 e. The molecule has 1 heterocycles. The molecule has 0 radical (unpaired) electrons. The van der Waals surface area contributed by atoms with Gasteiger partial charge in [-0.15, -0.1) is 0 Å². The number of hydrogen-bond donors (Lipinski definition) is 2. The van der Waals surface area contributed by atoms with Gasteiger partial charge in [0.25, 0.3) is 0 Å². The average molecular weight is 282 g/mol. The van der Waals surface area contributed by atoms with Gasteiger partial charge >= 0.3 is 0 Å². The maximum absolute atomic E-state index is 12.3. The van der Waals surface area contributed by atoms with Crippen LogP contribution in [0.15, 0.2) is 42.5 Å². The summed E-state index contributed by atoms with van der Waals surface area (Å²) in [5.41, 5.74) is 2.48. The molecule has 0 atom stereocenters. The molecule has 1 saturated carbocycles. The number of hydrogen-bond acceptors (Lipinski definition) is 2. The van der Waals surface area contributed by atoms with Crippen LogP contribution in [0.2, 0.25) is 0 Å². The van der Waals surface area contributed by atoms with Gasteiger partial charge in [0.05, 0.1) is 5.69 Å². The summed E-state index contributed by atoms with van der Waals surface area (Å²) in [7, 11) is 0. The van der Waals surface area contributed by atoms with Crippen LogP contribution in [0.1, 0.15) is 53.8 Å². The van der Waals surface area contributed by atoms with Crippen molar-refractivity contribution in [3.63, 3.8) is 0 Å². The Balaban J connectivity index is 1.59. The first-order chi connectivity index (χ1) is 10.3. The van der Waals surface area contributed by atoms with Gasteiger partial charge in [-0.2, -0.15) is 0 Å². The first-order valence-electron chi connectivity index (χ1n) is 7.84. The molecule has 1 aliphatic rings. The Morgan fingerprint density at radius 1 is 1.05 bits per heavy atom. The van der Waals surface area contributed by atoms with Crippen molar-refractivity contribution < 1.29 is 4.79 Å². The molecule has 3 rings (SSSR count). The number of aromatic amines is 1. The van der Waals surface area contributed by atoms with Gasteiger partial charge in [0, 0.05) is 23.8 Å². The number of ketones is 1. The molecule has 0 bridgehead atoms. The first kappa shape index (κ1) is 14.1. The molecule has 3 heteroatoms. The third kappa shape index (κ3) is 3.61. The lowest BCUT2D eigenvalue weighted by atomic mass is 9.95. The number of carbonyl (C=O) groups excluding carboxylic acids is 1. The highest BCUT2D eigenvalue weighted by Crippen LogP contribution is 2.18. The summed E-state index contributed by atoms with van der Waals surface area (Å²) in [6.07, 6.45) is 6.59. The summed E-state index contributed by atoms with van der Waals surface area (Å²) in [5.74, 6) is 0.0551. The molecule has 110 valence electrons. The lowest BCUT2D eigenvalue weighted by Gasteiger charge is -2.22. The van der Waals surface area contributed by atoms with Gasteiger partial charge in [-0.05, 0) is 25.0 Å². The third-order valence-electron chi connectivity index (χ3n) is 4.21. The van der Waals surface area contributed by atoms with Gasteiger partial charge in [0.1, 0.15) is 0 Å². The van der Waals surface area contributed by atoms with Crippen LogP contribution in [0.25, 0.3) is 0 Å². The van der Waals surface area contributed by atoms with Crippen LogP contribution in [0.5, 0.6) is 0 Å². The van der Waals surface area contributed by atoms with Gasteiger partial charge in [-0.25, -0.2) is 0 Å². The summed E-state index contributed by atoms with van der Waals surface area (Å²) >= 11 is 0. The quantitative estimate of drug-likeness (QED) is 0.822. The van der Waals surface area contributed by atoms with Crippen molar-refractivity contribution in [3.05, 3.63) is 59.4 Å². The minimum absolute atomic E-state index is 0.0551. The van der Waals surface area contributed by atoms with E-state index in [4.69, 9.17) is 0 Å². The Bertz CT molecular complexity index is 582. The van der Waals surface area contributed by atoms with E-state index < -0.39 is 0 Å². The van der Waals surface area contributed by atoms with Crippen molar-refractivity contribution in [2.45, 2.75) is 44.7 Å². The molecule has 1 fully saturated rings. The molecule has 3 nitrogen and oxygen atoms in total. The third-order valence-corrected chi connectivity index (χ3v) is 4.21. The largest absolute Gasteiger partial charge is 0.355 e. The van der Waals surface area contributed by atoms with Gasteiger partial charge in [-0.1, -0.05) is 49.6 Å². The maximum Gasteiger partial charge on any atom is 0.209 e. The molecule has 0 aliphatic heterocycles. The zero-order chi connectivity index (χ0) is 14.5. The van der Waals surface area contributed by atoms with E-state index in [9.17, 15) is 4.79 Å². The first-order valence-corrected chi connectivity index (χ1v) is 7.84. The van der Waals surface area contributed by atoms with E-state index in [0.29, 0.717) is 11.7 Å². The Hall–Kier alpha value is -1.87. The molecule has 0 unspecified atom stereocenters. The van der Waals surface area contributed by atoms with E-state index in [1.165, 1.54) is 32.1 Å². The molecule has 1 aromatic heterocycles. The number of aromatic nitrogens is 1. The summed E-state index contributed by atoms with van der Waals surface area (Å²) in [5, 5.41) is 3.59. The molecule has 1 aliphatic carbocycles. The second kappa shape index (κ2) is 6.72. The van der Waals surface area contributed by atoms with E-state index >= 15 is 0 Å². The highest BCUT2D eigenvalue weighted by Gasteiger charge is 2.14. The minimum Gasteiger partial charge on any atom is -0.355 e. The van der Waals surface area contributed by atoms with Crippen LogP contribution in [0.3, 0.4) is 0 Å². The molecule has 2 aromatic rings. The zero-order valence-corrected chi connectivity index (χ0v) is 12.3. The standard InChI is InChI=1S/C18H22N2O/c21-18(14-7-3-1-4-8-14)17-12-11-16(20-17)13-19-15-9-5-2-6-10-15/h1,3-4,7-8,11-12,15,19-20H,2,5-6,9-10,13H2. The van der Waals surface area contributed by atoms with Gasteiger partial charge in [-0.3, -0.25) is 4.79 Å². The number of H-pyrrole nitrogens is 1. The van der Waals surface area contributed by atoms with Gasteiger partial charge in [0.15, 0.2) is 0 Å². The van der Waals surface area contributed by atoms with Crippen LogP contribution in [-0.4, -0.2) is 16.8 Å². The summed E-state index contributed by atoms with van der Waals surface area (Å²) in [6, 6.07) is 13.9. The number of nitrogens with one attached hydrogen (secondary N) is 2. The minimum atomic E-state index is 0.0551. The Morgan fingerprint density at radius 2 is 1.81 bits per heavy atom. The topological polar surface area (TPSA) is 44.9 Å². The Kier molecular flexibility index (Phi) is 4.51. The fourth-order valence-corrected chi connectivity index (χ4v) is 2.98. The Labute approximate surface area is 125 Å². The van der Waals surface area contributed by atoms with Gasteiger partial charge < -0.3 is 10.3 Å². The van der Waals surface area contributed by atoms with E-state index in [0.717, 1.165) is 17.8 Å². The van der Waals surface area contributed by atoms with Crippen LogP contribution >= 0.6 is 0 Å². The van der Waals surface area contributed by atoms with Crippen LogP contribution < -0.4 is 5.32 Å². The van der Waals surface area contributed by atoms with Crippen LogP contribution in [-0.2, 0) is 6.54 Å². The van der Waals surface area contributed by atoms with Crippen molar-refractivity contribution in [2.24, 2.45) is 0 Å². The van der Waals surface area contributed by atoms with Gasteiger partial charge in [0.2, 0.25) is 5.78 Å². The second-order valence-electron chi connectivity index (χ2n) is 5.81. The zero-order valence-electron chi connectivity index (χ0n) is 12.3. The molecule has 0 spiro atoms. The van der Waals surface area contributed by atoms with E-state index in [1.807, 2.05) is 42.5 Å². The predicted molar refractivity (Wildman–Crippen MR) is 84.4 cm³/mol. The number of rotatable bonds is 5. The molecule has 0 saturated heterocycles. The fraction of sp³-hybridized carbons (Fsp3) is 0.389. The van der Waals surface area contributed by atoms with Crippen molar-refractivity contribution >= 4 is 5.78 Å². The SMILES string of the molecule is O=C(c1ccccc1)c1ccc(CNC2CCCCC2)[nH]1. The molecule has 21 heavy (non-hydrogen) atoms. The number of carbonyl (C=O) groups is 1. The molecular formula is C18H22N2O. The van der Waals surface area contributed by atoms with E-state index in [2.05, 4.69) is 10.3 Å². The van der Waals surface area contributed by atoms with Crippen molar-refractivity contribution in [3.8, 4) is 0 Å². The highest BCUT2D eigenvalue weighted by atomic mass is 16.1. The highest BCUT2D eigenvalue weighted by molar-refractivity contribution is 6.07. The van der Waals surface area contributed by atoms with E-state index in [1.54, 1.807) is 0 Å². The fourth-order valence-electron chi connectivity index (χ4n) is 2.98. The van der Waals surface area contributed by atoms with Crippen molar-refractivity contribution in [2.75, 3.05) is 0 Å². The number of benzene rings is 1. The maximum atomic E-state index is 12.3. The molecular weight excluding hydrogens is 260 g/mol. The van der Waals surface area contributed by atoms with Crippen LogP contribution in [0, 0.1) is 0 Å². The summed E-state index contributed by atoms with van der Waals surface area (Å²) in [6.45, 7) is 0.812. The lowest BCUT2D eigenvalue weighted by Crippen LogP contribution is -2.30. The summed E-state index contributed by atoms with van der Waals surface area (Å²) < 4.78 is 0. The van der Waals surface area contributed by atoms with Crippen molar-refractivity contribution in [1.29, 1.82) is 0 Å². The summed E-state index contributed by atoms with van der Waals surface area (Å²) in [4.78, 5) is 15.6. The lowest BCUT2D eigenvalue weighted by molar-refractivity contribution is 0.103. The van der Waals surface area contributed by atoms with Crippen molar-refractivity contribution in [1.82, 2.24) is 10.3 Å². The van der Waals surface area contributed by atoms with E-state index in [-0.39, 0.29) is 5.78 Å². The molecule has 2 N–H and O–H groups in total.